The maximum Gasteiger partial charge on any atom is 0.206 e. The van der Waals surface area contributed by atoms with Crippen LogP contribution in [0.2, 0.25) is 0 Å². The van der Waals surface area contributed by atoms with E-state index in [9.17, 15) is 4.79 Å². The molecule has 0 unspecified atom stereocenters. The molecule has 0 bridgehead atoms. The average molecular weight is 190 g/mol. The van der Waals surface area contributed by atoms with E-state index >= 15 is 0 Å². The van der Waals surface area contributed by atoms with E-state index in [1.807, 2.05) is 0 Å². The summed E-state index contributed by atoms with van der Waals surface area (Å²) in [5.74, 6) is -0.0180. The van der Waals surface area contributed by atoms with Crippen LogP contribution in [0.15, 0.2) is 36.8 Å². The molecule has 0 aliphatic heterocycles. The summed E-state index contributed by atoms with van der Waals surface area (Å²) in [5.41, 5.74) is 0.603. The third-order valence-corrected chi connectivity index (χ3v) is 2.33. The zero-order chi connectivity index (χ0) is 9.10. The molecular weight excluding hydrogens is 184 g/mol. The molecule has 0 radical (unpaired) electrons. The first-order valence-electron chi connectivity index (χ1n) is 3.73. The summed E-state index contributed by atoms with van der Waals surface area (Å²) in [5, 5.41) is 0. The van der Waals surface area contributed by atoms with Crippen LogP contribution in [0.1, 0.15) is 15.2 Å². The molecule has 0 atom stereocenters. The Morgan fingerprint density at radius 1 is 1.31 bits per heavy atom. The van der Waals surface area contributed by atoms with E-state index in [4.69, 9.17) is 0 Å². The molecule has 2 heterocycles. The van der Waals surface area contributed by atoms with Gasteiger partial charge in [-0.2, -0.15) is 0 Å². The van der Waals surface area contributed by atoms with Crippen LogP contribution >= 0.6 is 11.5 Å². The SMILES string of the molecule is O=C(c1cccnc1)c1ccns1. The summed E-state index contributed by atoms with van der Waals surface area (Å²) >= 11 is 1.20. The van der Waals surface area contributed by atoms with Gasteiger partial charge in [-0.3, -0.25) is 9.78 Å². The molecule has 0 aliphatic rings. The molecule has 0 saturated heterocycles. The van der Waals surface area contributed by atoms with Crippen molar-refractivity contribution < 1.29 is 4.79 Å². The molecule has 2 aromatic heterocycles. The average Bonchev–Trinajstić information content (AvgIpc) is 2.71. The van der Waals surface area contributed by atoms with Crippen molar-refractivity contribution in [1.29, 1.82) is 0 Å². The Bertz CT molecular complexity index is 397. The van der Waals surface area contributed by atoms with Crippen LogP contribution in [0, 0.1) is 0 Å². The topological polar surface area (TPSA) is 42.9 Å². The van der Waals surface area contributed by atoms with Crippen LogP contribution in [0.5, 0.6) is 0 Å². The summed E-state index contributed by atoms with van der Waals surface area (Å²) in [7, 11) is 0. The molecule has 0 spiro atoms. The van der Waals surface area contributed by atoms with Gasteiger partial charge in [0.2, 0.25) is 5.78 Å². The van der Waals surface area contributed by atoms with Crippen molar-refractivity contribution in [2.75, 3.05) is 0 Å². The first-order valence-corrected chi connectivity index (χ1v) is 4.50. The van der Waals surface area contributed by atoms with Gasteiger partial charge in [0.25, 0.3) is 0 Å². The highest BCUT2D eigenvalue weighted by atomic mass is 32.1. The van der Waals surface area contributed by atoms with Gasteiger partial charge in [0, 0.05) is 24.2 Å². The molecule has 64 valence electrons. The number of rotatable bonds is 2. The van der Waals surface area contributed by atoms with Gasteiger partial charge in [0.1, 0.15) is 0 Å². The maximum atomic E-state index is 11.6. The fraction of sp³-hybridized carbons (Fsp3) is 0. The number of ketones is 1. The van der Waals surface area contributed by atoms with Gasteiger partial charge in [-0.15, -0.1) is 0 Å². The number of carbonyl (C=O) groups excluding carboxylic acids is 1. The van der Waals surface area contributed by atoms with E-state index in [0.29, 0.717) is 10.4 Å². The van der Waals surface area contributed by atoms with E-state index in [1.54, 1.807) is 36.8 Å². The molecular formula is C9H6N2OS. The standard InChI is InChI=1S/C9H6N2OS/c12-9(8-3-5-11-13-8)7-2-1-4-10-6-7/h1-6H. The second-order valence-corrected chi connectivity index (χ2v) is 3.28. The number of carbonyl (C=O) groups is 1. The quantitative estimate of drug-likeness (QED) is 0.678. The van der Waals surface area contributed by atoms with Crippen LogP contribution in [0.25, 0.3) is 0 Å². The summed E-state index contributed by atoms with van der Waals surface area (Å²) in [6.45, 7) is 0. The third-order valence-electron chi connectivity index (χ3n) is 1.59. The number of aromatic nitrogens is 2. The smallest absolute Gasteiger partial charge is 0.206 e. The summed E-state index contributed by atoms with van der Waals surface area (Å²) in [6, 6.07) is 5.20. The van der Waals surface area contributed by atoms with Gasteiger partial charge in [-0.1, -0.05) is 0 Å². The number of pyridine rings is 1. The zero-order valence-corrected chi connectivity index (χ0v) is 7.49. The van der Waals surface area contributed by atoms with Crippen molar-refractivity contribution >= 4 is 17.3 Å². The molecule has 0 aliphatic carbocycles. The molecule has 0 N–H and O–H groups in total. The van der Waals surface area contributed by atoms with Gasteiger partial charge < -0.3 is 0 Å². The molecule has 0 amide bonds. The lowest BCUT2D eigenvalue weighted by molar-refractivity contribution is 0.104. The number of hydrogen-bond acceptors (Lipinski definition) is 4. The first-order chi connectivity index (χ1) is 6.38. The predicted octanol–water partition coefficient (Wildman–Crippen LogP) is 1.77. The van der Waals surface area contributed by atoms with E-state index in [-0.39, 0.29) is 5.78 Å². The van der Waals surface area contributed by atoms with Crippen molar-refractivity contribution in [1.82, 2.24) is 9.36 Å². The van der Waals surface area contributed by atoms with Gasteiger partial charge in [-0.25, -0.2) is 4.37 Å². The second-order valence-electron chi connectivity index (χ2n) is 2.45. The van der Waals surface area contributed by atoms with Crippen molar-refractivity contribution in [3.8, 4) is 0 Å². The summed E-state index contributed by atoms with van der Waals surface area (Å²) < 4.78 is 3.87. The fourth-order valence-electron chi connectivity index (χ4n) is 0.972. The van der Waals surface area contributed by atoms with Crippen LogP contribution in [-0.4, -0.2) is 15.1 Å². The van der Waals surface area contributed by atoms with Gasteiger partial charge in [0.15, 0.2) is 0 Å². The van der Waals surface area contributed by atoms with Gasteiger partial charge >= 0.3 is 0 Å². The summed E-state index contributed by atoms with van der Waals surface area (Å²) in [4.78, 5) is 16.2. The Morgan fingerprint density at radius 2 is 2.23 bits per heavy atom. The molecule has 0 fully saturated rings. The molecule has 2 rings (SSSR count). The van der Waals surface area contributed by atoms with Crippen molar-refractivity contribution in [3.05, 3.63) is 47.2 Å². The van der Waals surface area contributed by atoms with E-state index in [0.717, 1.165) is 0 Å². The zero-order valence-electron chi connectivity index (χ0n) is 6.68. The minimum absolute atomic E-state index is 0.0180. The normalized spacial score (nSPS) is 9.85. The third kappa shape index (κ3) is 1.62. The predicted molar refractivity (Wildman–Crippen MR) is 49.8 cm³/mol. The maximum absolute atomic E-state index is 11.6. The molecule has 0 saturated carbocycles. The van der Waals surface area contributed by atoms with Gasteiger partial charge in [-0.05, 0) is 29.7 Å². The van der Waals surface area contributed by atoms with Crippen molar-refractivity contribution in [2.24, 2.45) is 0 Å². The van der Waals surface area contributed by atoms with Gasteiger partial charge in [0.05, 0.1) is 4.88 Å². The highest BCUT2D eigenvalue weighted by Crippen LogP contribution is 2.11. The van der Waals surface area contributed by atoms with Crippen LogP contribution in [-0.2, 0) is 0 Å². The lowest BCUT2D eigenvalue weighted by Gasteiger charge is -1.94. The van der Waals surface area contributed by atoms with E-state index in [2.05, 4.69) is 9.36 Å². The Labute approximate surface area is 79.2 Å². The van der Waals surface area contributed by atoms with Crippen LogP contribution < -0.4 is 0 Å². The van der Waals surface area contributed by atoms with Crippen LogP contribution in [0.3, 0.4) is 0 Å². The monoisotopic (exact) mass is 190 g/mol. The number of nitrogens with zero attached hydrogens (tertiary/aromatic N) is 2. The van der Waals surface area contributed by atoms with Crippen molar-refractivity contribution in [2.45, 2.75) is 0 Å². The van der Waals surface area contributed by atoms with Crippen molar-refractivity contribution in [3.63, 3.8) is 0 Å². The lowest BCUT2D eigenvalue weighted by Crippen LogP contribution is -1.98. The minimum Gasteiger partial charge on any atom is -0.288 e. The van der Waals surface area contributed by atoms with Crippen LogP contribution in [0.4, 0.5) is 0 Å². The fourth-order valence-corrected chi connectivity index (χ4v) is 1.53. The molecule has 4 heteroatoms. The summed E-state index contributed by atoms with van der Waals surface area (Å²) in [6.07, 6.45) is 4.82. The first kappa shape index (κ1) is 8.07. The van der Waals surface area contributed by atoms with E-state index in [1.165, 1.54) is 11.5 Å². The minimum atomic E-state index is -0.0180. The highest BCUT2D eigenvalue weighted by Gasteiger charge is 2.09. The molecule has 2 aromatic rings. The largest absolute Gasteiger partial charge is 0.288 e. The Morgan fingerprint density at radius 3 is 2.85 bits per heavy atom. The lowest BCUT2D eigenvalue weighted by atomic mass is 10.2. The highest BCUT2D eigenvalue weighted by molar-refractivity contribution is 7.08. The molecule has 0 aromatic carbocycles. The second kappa shape index (κ2) is 3.45. The number of hydrogen-bond donors (Lipinski definition) is 0. The molecule has 3 nitrogen and oxygen atoms in total. The Hall–Kier alpha value is -1.55. The van der Waals surface area contributed by atoms with E-state index < -0.39 is 0 Å². The Balaban J connectivity index is 2.34. The molecule has 13 heavy (non-hydrogen) atoms. The Kier molecular flexibility index (Phi) is 2.14.